The summed E-state index contributed by atoms with van der Waals surface area (Å²) in [6, 6.07) is 2.57. The topological polar surface area (TPSA) is 101 Å². The Hall–Kier alpha value is -2.80. The van der Waals surface area contributed by atoms with Gasteiger partial charge >= 0.3 is 0 Å². The Kier molecular flexibility index (Phi) is 6.41. The number of benzene rings is 1. The second-order valence-corrected chi connectivity index (χ2v) is 6.36. The van der Waals surface area contributed by atoms with Crippen molar-refractivity contribution in [2.75, 3.05) is 13.6 Å². The van der Waals surface area contributed by atoms with Gasteiger partial charge in [-0.1, -0.05) is 6.08 Å². The van der Waals surface area contributed by atoms with Crippen molar-refractivity contribution in [3.8, 4) is 0 Å². The number of fused-ring (bicyclic) bond motifs is 1. The van der Waals surface area contributed by atoms with Gasteiger partial charge in [0.25, 0.3) is 5.91 Å². The first-order valence-corrected chi connectivity index (χ1v) is 8.37. The number of amides is 2. The third-order valence-electron chi connectivity index (χ3n) is 4.61. The number of primary amides is 1. The Labute approximate surface area is 152 Å². The molecule has 1 heterocycles. The molecule has 2 rings (SSSR count). The van der Waals surface area contributed by atoms with Gasteiger partial charge in [-0.05, 0) is 36.1 Å². The minimum atomic E-state index is -0.778. The lowest BCUT2D eigenvalue weighted by Crippen LogP contribution is -2.45. The summed E-state index contributed by atoms with van der Waals surface area (Å²) in [5, 5.41) is 0. The lowest BCUT2D eigenvalue weighted by molar-refractivity contribution is -0.122. The molecule has 0 bridgehead atoms. The Balaban J connectivity index is 2.32. The number of aldehydes is 2. The highest BCUT2D eigenvalue weighted by Gasteiger charge is 2.28. The highest BCUT2D eigenvalue weighted by atomic mass is 16.2. The van der Waals surface area contributed by atoms with Gasteiger partial charge in [0.05, 0.1) is 12.1 Å². The summed E-state index contributed by atoms with van der Waals surface area (Å²) in [5.41, 5.74) is 7.75. The summed E-state index contributed by atoms with van der Waals surface area (Å²) in [7, 11) is 1.50. The second-order valence-electron chi connectivity index (χ2n) is 6.36. The van der Waals surface area contributed by atoms with Crippen LogP contribution in [0.1, 0.15) is 44.7 Å². The molecule has 1 aliphatic heterocycles. The zero-order chi connectivity index (χ0) is 19.3. The molecular formula is C19H23N3O4. The smallest absolute Gasteiger partial charge is 0.255 e. The first-order valence-electron chi connectivity index (χ1n) is 8.37. The lowest BCUT2D eigenvalue weighted by Gasteiger charge is -2.26. The predicted octanol–water partition coefficient (Wildman–Crippen LogP) is 0.906. The van der Waals surface area contributed by atoms with Gasteiger partial charge in [-0.25, -0.2) is 0 Å². The van der Waals surface area contributed by atoms with E-state index in [0.717, 1.165) is 17.4 Å². The maximum absolute atomic E-state index is 12.9. The molecule has 2 N–H and O–H groups in total. The lowest BCUT2D eigenvalue weighted by atomic mass is 9.99. The van der Waals surface area contributed by atoms with Crippen LogP contribution in [0.3, 0.4) is 0 Å². The van der Waals surface area contributed by atoms with Crippen LogP contribution in [0.15, 0.2) is 24.8 Å². The standard InChI is InChI=1S/C19H23N3O4/c1-3-4-5-17(18(20)25)21(2)19(26)16-9-14-11-22(6-7-23)10-13(14)8-15(16)12-24/h3,7-9,12,17H,1,4-6,10-11H2,2H3,(H2,20,25). The molecule has 1 aromatic rings. The molecule has 0 aliphatic carbocycles. The summed E-state index contributed by atoms with van der Waals surface area (Å²) >= 11 is 0. The molecule has 7 heteroatoms. The number of hydrogen-bond donors (Lipinski definition) is 1. The number of allylic oxidation sites excluding steroid dienone is 1. The summed E-state index contributed by atoms with van der Waals surface area (Å²) < 4.78 is 0. The van der Waals surface area contributed by atoms with Crippen LogP contribution < -0.4 is 5.73 Å². The van der Waals surface area contributed by atoms with Crippen molar-refractivity contribution in [2.45, 2.75) is 32.0 Å². The zero-order valence-electron chi connectivity index (χ0n) is 14.8. The van der Waals surface area contributed by atoms with Crippen LogP contribution in [0, 0.1) is 0 Å². The quantitative estimate of drug-likeness (QED) is 0.523. The van der Waals surface area contributed by atoms with Crippen LogP contribution in [0.2, 0.25) is 0 Å². The van der Waals surface area contributed by atoms with Crippen LogP contribution in [-0.2, 0) is 22.7 Å². The largest absolute Gasteiger partial charge is 0.368 e. The fourth-order valence-electron chi connectivity index (χ4n) is 3.19. The highest BCUT2D eigenvalue weighted by Crippen LogP contribution is 2.26. The van der Waals surface area contributed by atoms with Gasteiger partial charge in [0.15, 0.2) is 6.29 Å². The summed E-state index contributed by atoms with van der Waals surface area (Å²) in [6.45, 7) is 5.00. The molecule has 0 aromatic heterocycles. The van der Waals surface area contributed by atoms with E-state index in [2.05, 4.69) is 6.58 Å². The number of rotatable bonds is 9. The summed E-state index contributed by atoms with van der Waals surface area (Å²) in [5.74, 6) is -1.04. The maximum atomic E-state index is 12.9. The molecule has 1 aromatic carbocycles. The Bertz CT molecular complexity index is 745. The van der Waals surface area contributed by atoms with Gasteiger partial charge in [-0.15, -0.1) is 6.58 Å². The predicted molar refractivity (Wildman–Crippen MR) is 96.5 cm³/mol. The number of carbonyl (C=O) groups excluding carboxylic acids is 4. The normalized spacial score (nSPS) is 14.3. The molecule has 26 heavy (non-hydrogen) atoms. The number of nitrogens with zero attached hydrogens (tertiary/aromatic N) is 2. The van der Waals surface area contributed by atoms with E-state index in [1.807, 2.05) is 4.90 Å². The third-order valence-corrected chi connectivity index (χ3v) is 4.61. The van der Waals surface area contributed by atoms with Gasteiger partial charge in [-0.3, -0.25) is 19.3 Å². The molecule has 0 radical (unpaired) electrons. The summed E-state index contributed by atoms with van der Waals surface area (Å²) in [4.78, 5) is 50.0. The van der Waals surface area contributed by atoms with E-state index in [0.29, 0.717) is 38.8 Å². The number of carbonyl (C=O) groups is 4. The Morgan fingerprint density at radius 3 is 2.50 bits per heavy atom. The van der Waals surface area contributed by atoms with Crippen molar-refractivity contribution in [1.29, 1.82) is 0 Å². The van der Waals surface area contributed by atoms with Crippen molar-refractivity contribution < 1.29 is 19.2 Å². The van der Waals surface area contributed by atoms with Crippen LogP contribution in [0.25, 0.3) is 0 Å². The van der Waals surface area contributed by atoms with Gasteiger partial charge in [0.2, 0.25) is 5.91 Å². The van der Waals surface area contributed by atoms with Gasteiger partial charge < -0.3 is 15.4 Å². The van der Waals surface area contributed by atoms with Crippen molar-refractivity contribution in [3.05, 3.63) is 47.0 Å². The first-order chi connectivity index (χ1) is 12.4. The van der Waals surface area contributed by atoms with Crippen molar-refractivity contribution in [2.24, 2.45) is 5.73 Å². The molecule has 1 unspecified atom stereocenters. The van der Waals surface area contributed by atoms with E-state index in [1.165, 1.54) is 11.9 Å². The van der Waals surface area contributed by atoms with Gasteiger partial charge in [0.1, 0.15) is 12.3 Å². The molecule has 138 valence electrons. The minimum Gasteiger partial charge on any atom is -0.368 e. The van der Waals surface area contributed by atoms with Crippen molar-refractivity contribution in [1.82, 2.24) is 9.80 Å². The van der Waals surface area contributed by atoms with E-state index >= 15 is 0 Å². The monoisotopic (exact) mass is 357 g/mol. The van der Waals surface area contributed by atoms with E-state index in [-0.39, 0.29) is 11.1 Å². The Morgan fingerprint density at radius 2 is 1.96 bits per heavy atom. The average molecular weight is 357 g/mol. The molecule has 0 saturated heterocycles. The van der Waals surface area contributed by atoms with E-state index in [1.54, 1.807) is 18.2 Å². The van der Waals surface area contributed by atoms with Gasteiger partial charge in [-0.2, -0.15) is 0 Å². The zero-order valence-corrected chi connectivity index (χ0v) is 14.8. The summed E-state index contributed by atoms with van der Waals surface area (Å²) in [6.07, 6.45) is 4.02. The van der Waals surface area contributed by atoms with Crippen LogP contribution in [0.5, 0.6) is 0 Å². The van der Waals surface area contributed by atoms with Crippen molar-refractivity contribution in [3.63, 3.8) is 0 Å². The van der Waals surface area contributed by atoms with E-state index in [4.69, 9.17) is 5.73 Å². The number of nitrogens with two attached hydrogens (primary N) is 1. The fourth-order valence-corrected chi connectivity index (χ4v) is 3.19. The van der Waals surface area contributed by atoms with Crippen molar-refractivity contribution >= 4 is 24.4 Å². The number of hydrogen-bond acceptors (Lipinski definition) is 5. The molecule has 2 amide bonds. The van der Waals surface area contributed by atoms with E-state index < -0.39 is 17.9 Å². The van der Waals surface area contributed by atoms with Crippen LogP contribution in [-0.4, -0.2) is 53.8 Å². The van der Waals surface area contributed by atoms with Crippen LogP contribution in [0.4, 0.5) is 0 Å². The molecular weight excluding hydrogens is 334 g/mol. The van der Waals surface area contributed by atoms with Crippen LogP contribution >= 0.6 is 0 Å². The second kappa shape index (κ2) is 8.53. The SMILES string of the molecule is C=CCCC(C(N)=O)N(C)C(=O)c1cc2c(cc1C=O)CN(CC=O)C2. The fraction of sp³-hybridized carbons (Fsp3) is 0.368. The third kappa shape index (κ3) is 4.05. The molecule has 0 fully saturated rings. The molecule has 1 aliphatic rings. The molecule has 1 atom stereocenters. The highest BCUT2D eigenvalue weighted by molar-refractivity contribution is 6.03. The minimum absolute atomic E-state index is 0.235. The number of likely N-dealkylation sites (N-methyl/N-ethyl adjacent to an activating group) is 1. The average Bonchev–Trinajstić information content (AvgIpc) is 3.01. The molecule has 7 nitrogen and oxygen atoms in total. The maximum Gasteiger partial charge on any atom is 0.255 e. The molecule has 0 spiro atoms. The molecule has 0 saturated carbocycles. The van der Waals surface area contributed by atoms with Gasteiger partial charge in [0, 0.05) is 25.7 Å². The Morgan fingerprint density at radius 1 is 1.31 bits per heavy atom. The van der Waals surface area contributed by atoms with E-state index in [9.17, 15) is 19.2 Å². The first kappa shape index (κ1) is 19.5.